The lowest BCUT2D eigenvalue weighted by molar-refractivity contribution is 0.0792. The summed E-state index contributed by atoms with van der Waals surface area (Å²) in [6, 6.07) is 5.04. The van der Waals surface area contributed by atoms with Crippen LogP contribution in [0.5, 0.6) is 0 Å². The lowest BCUT2D eigenvalue weighted by atomic mass is 10.0. The first kappa shape index (κ1) is 11.6. The van der Waals surface area contributed by atoms with Crippen LogP contribution in [0.4, 0.5) is 0 Å². The van der Waals surface area contributed by atoms with Crippen molar-refractivity contribution in [3.05, 3.63) is 34.9 Å². The maximum atomic E-state index is 12.1. The van der Waals surface area contributed by atoms with Crippen molar-refractivity contribution in [1.29, 1.82) is 0 Å². The third-order valence-electron chi connectivity index (χ3n) is 3.13. The molecule has 4 heteroatoms. The summed E-state index contributed by atoms with van der Waals surface area (Å²) in [6.45, 7) is 3.45. The molecule has 1 saturated heterocycles. The van der Waals surface area contributed by atoms with Crippen LogP contribution < -0.4 is 5.73 Å². The number of rotatable bonds is 2. The van der Waals surface area contributed by atoms with E-state index >= 15 is 0 Å². The summed E-state index contributed by atoms with van der Waals surface area (Å²) < 4.78 is 0. The van der Waals surface area contributed by atoms with Crippen LogP contribution in [0.15, 0.2) is 18.2 Å². The van der Waals surface area contributed by atoms with Crippen molar-refractivity contribution in [2.45, 2.75) is 19.8 Å². The predicted molar refractivity (Wildman–Crippen MR) is 64.8 cm³/mol. The zero-order chi connectivity index (χ0) is 12.4. The molecule has 1 aliphatic heterocycles. The van der Waals surface area contributed by atoms with E-state index in [1.165, 1.54) is 0 Å². The molecule has 1 aromatic rings. The van der Waals surface area contributed by atoms with Crippen molar-refractivity contribution < 1.29 is 9.59 Å². The summed E-state index contributed by atoms with van der Waals surface area (Å²) in [5, 5.41) is 0. The monoisotopic (exact) mass is 232 g/mol. The summed E-state index contributed by atoms with van der Waals surface area (Å²) in [4.78, 5) is 25.0. The first-order valence-electron chi connectivity index (χ1n) is 5.79. The Morgan fingerprint density at radius 2 is 1.88 bits per heavy atom. The Morgan fingerprint density at radius 1 is 1.24 bits per heavy atom. The SMILES string of the molecule is Cc1cc(C(=O)N2CCCC2)ccc1C(N)=O. The molecule has 1 fully saturated rings. The number of hydrogen-bond acceptors (Lipinski definition) is 2. The largest absolute Gasteiger partial charge is 0.366 e. The van der Waals surface area contributed by atoms with E-state index in [9.17, 15) is 9.59 Å². The number of amides is 2. The Balaban J connectivity index is 2.25. The quantitative estimate of drug-likeness (QED) is 0.836. The van der Waals surface area contributed by atoms with Crippen molar-refractivity contribution >= 4 is 11.8 Å². The van der Waals surface area contributed by atoms with Crippen LogP contribution in [0.2, 0.25) is 0 Å². The van der Waals surface area contributed by atoms with E-state index in [0.717, 1.165) is 31.5 Å². The fourth-order valence-corrected chi connectivity index (χ4v) is 2.18. The van der Waals surface area contributed by atoms with Gasteiger partial charge in [0.25, 0.3) is 5.91 Å². The molecule has 0 unspecified atom stereocenters. The first-order chi connectivity index (χ1) is 8.09. The minimum Gasteiger partial charge on any atom is -0.366 e. The maximum absolute atomic E-state index is 12.1. The van der Waals surface area contributed by atoms with E-state index in [1.54, 1.807) is 25.1 Å². The lowest BCUT2D eigenvalue weighted by Gasteiger charge is -2.15. The van der Waals surface area contributed by atoms with Crippen molar-refractivity contribution in [2.75, 3.05) is 13.1 Å². The van der Waals surface area contributed by atoms with E-state index in [0.29, 0.717) is 11.1 Å². The molecular formula is C13H16N2O2. The fraction of sp³-hybridized carbons (Fsp3) is 0.385. The number of likely N-dealkylation sites (tertiary alicyclic amines) is 1. The van der Waals surface area contributed by atoms with Gasteiger partial charge in [-0.3, -0.25) is 9.59 Å². The summed E-state index contributed by atoms with van der Waals surface area (Å²) >= 11 is 0. The fourth-order valence-electron chi connectivity index (χ4n) is 2.18. The number of benzene rings is 1. The summed E-state index contributed by atoms with van der Waals surface area (Å²) in [5.74, 6) is -0.413. The number of carbonyl (C=O) groups excluding carboxylic acids is 2. The lowest BCUT2D eigenvalue weighted by Crippen LogP contribution is -2.27. The van der Waals surface area contributed by atoms with E-state index in [1.807, 2.05) is 4.90 Å². The van der Waals surface area contributed by atoms with Gasteiger partial charge in [0.1, 0.15) is 0 Å². The molecule has 4 nitrogen and oxygen atoms in total. The van der Waals surface area contributed by atoms with Crippen LogP contribution in [0.3, 0.4) is 0 Å². The van der Waals surface area contributed by atoms with Gasteiger partial charge in [0, 0.05) is 24.2 Å². The van der Waals surface area contributed by atoms with Crippen LogP contribution in [-0.4, -0.2) is 29.8 Å². The highest BCUT2D eigenvalue weighted by molar-refractivity contribution is 5.98. The second-order valence-corrected chi connectivity index (χ2v) is 4.39. The van der Waals surface area contributed by atoms with Crippen molar-refractivity contribution in [2.24, 2.45) is 5.73 Å². The molecule has 2 rings (SSSR count). The third kappa shape index (κ3) is 2.30. The molecular weight excluding hydrogens is 216 g/mol. The number of nitrogens with two attached hydrogens (primary N) is 1. The topological polar surface area (TPSA) is 63.4 Å². The molecule has 2 N–H and O–H groups in total. The smallest absolute Gasteiger partial charge is 0.253 e. The highest BCUT2D eigenvalue weighted by atomic mass is 16.2. The standard InChI is InChI=1S/C13H16N2O2/c1-9-8-10(4-5-11(9)12(14)16)13(17)15-6-2-3-7-15/h4-5,8H,2-3,6-7H2,1H3,(H2,14,16). The molecule has 0 saturated carbocycles. The number of aryl methyl sites for hydroxylation is 1. The van der Waals surface area contributed by atoms with E-state index < -0.39 is 5.91 Å². The van der Waals surface area contributed by atoms with E-state index in [-0.39, 0.29) is 5.91 Å². The van der Waals surface area contributed by atoms with Crippen molar-refractivity contribution in [1.82, 2.24) is 4.90 Å². The van der Waals surface area contributed by atoms with Gasteiger partial charge in [0.05, 0.1) is 0 Å². The maximum Gasteiger partial charge on any atom is 0.253 e. The average Bonchev–Trinajstić information content (AvgIpc) is 2.80. The Bertz CT molecular complexity index is 462. The molecule has 0 atom stereocenters. The number of nitrogens with zero attached hydrogens (tertiary/aromatic N) is 1. The molecule has 0 aromatic heterocycles. The van der Waals surface area contributed by atoms with Crippen LogP contribution in [0.1, 0.15) is 39.1 Å². The van der Waals surface area contributed by atoms with Gasteiger partial charge >= 0.3 is 0 Å². The van der Waals surface area contributed by atoms with Crippen LogP contribution in [0, 0.1) is 6.92 Å². The highest BCUT2D eigenvalue weighted by Crippen LogP contribution is 2.16. The Hall–Kier alpha value is -1.84. The molecule has 0 spiro atoms. The van der Waals surface area contributed by atoms with Gasteiger partial charge in [0.15, 0.2) is 0 Å². The molecule has 17 heavy (non-hydrogen) atoms. The molecule has 1 heterocycles. The molecule has 0 radical (unpaired) electrons. The Kier molecular flexibility index (Phi) is 3.13. The van der Waals surface area contributed by atoms with Crippen LogP contribution in [0.25, 0.3) is 0 Å². The van der Waals surface area contributed by atoms with Gasteiger partial charge in [-0.1, -0.05) is 0 Å². The molecule has 1 aliphatic rings. The van der Waals surface area contributed by atoms with Crippen molar-refractivity contribution in [3.8, 4) is 0 Å². The van der Waals surface area contributed by atoms with E-state index in [4.69, 9.17) is 5.73 Å². The first-order valence-corrected chi connectivity index (χ1v) is 5.79. The van der Waals surface area contributed by atoms with Gasteiger partial charge in [-0.2, -0.15) is 0 Å². The van der Waals surface area contributed by atoms with Crippen LogP contribution in [-0.2, 0) is 0 Å². The predicted octanol–water partition coefficient (Wildman–Crippen LogP) is 1.33. The van der Waals surface area contributed by atoms with Gasteiger partial charge in [0.2, 0.25) is 5.91 Å². The summed E-state index contributed by atoms with van der Waals surface area (Å²) in [5.41, 5.74) is 7.09. The van der Waals surface area contributed by atoms with Gasteiger partial charge < -0.3 is 10.6 Å². The molecule has 90 valence electrons. The minimum absolute atomic E-state index is 0.0432. The summed E-state index contributed by atoms with van der Waals surface area (Å²) in [6.07, 6.45) is 2.15. The normalized spacial score (nSPS) is 15.0. The third-order valence-corrected chi connectivity index (χ3v) is 3.13. The second kappa shape index (κ2) is 4.57. The molecule has 0 aliphatic carbocycles. The minimum atomic E-state index is -0.456. The number of hydrogen-bond donors (Lipinski definition) is 1. The number of primary amides is 1. The molecule has 0 bridgehead atoms. The second-order valence-electron chi connectivity index (χ2n) is 4.39. The average molecular weight is 232 g/mol. The highest BCUT2D eigenvalue weighted by Gasteiger charge is 2.20. The zero-order valence-corrected chi connectivity index (χ0v) is 9.90. The van der Waals surface area contributed by atoms with E-state index in [2.05, 4.69) is 0 Å². The van der Waals surface area contributed by atoms with Crippen LogP contribution >= 0.6 is 0 Å². The van der Waals surface area contributed by atoms with Gasteiger partial charge in [-0.25, -0.2) is 0 Å². The Morgan fingerprint density at radius 3 is 2.41 bits per heavy atom. The molecule has 2 amide bonds. The Labute approximate surface area is 100 Å². The van der Waals surface area contributed by atoms with Gasteiger partial charge in [-0.15, -0.1) is 0 Å². The zero-order valence-electron chi connectivity index (χ0n) is 9.90. The molecule has 1 aromatic carbocycles. The summed E-state index contributed by atoms with van der Waals surface area (Å²) in [7, 11) is 0. The van der Waals surface area contributed by atoms with Crippen molar-refractivity contribution in [3.63, 3.8) is 0 Å². The van der Waals surface area contributed by atoms with Gasteiger partial charge in [-0.05, 0) is 43.5 Å². The number of carbonyl (C=O) groups is 2.